The molecule has 80 valence electrons. The molecule has 0 heterocycles. The Morgan fingerprint density at radius 3 is 2.43 bits per heavy atom. The van der Waals surface area contributed by atoms with Crippen LogP contribution in [-0.4, -0.2) is 0 Å². The predicted octanol–water partition coefficient (Wildman–Crippen LogP) is 3.63. The van der Waals surface area contributed by atoms with Crippen molar-refractivity contribution in [1.82, 2.24) is 0 Å². The molecule has 0 amide bonds. The van der Waals surface area contributed by atoms with Crippen molar-refractivity contribution < 1.29 is 0 Å². The van der Waals surface area contributed by atoms with E-state index in [1.807, 2.05) is 19.1 Å². The van der Waals surface area contributed by atoms with Crippen molar-refractivity contribution in [2.75, 3.05) is 5.73 Å². The fourth-order valence-corrected chi connectivity index (χ4v) is 2.39. The van der Waals surface area contributed by atoms with E-state index in [1.165, 1.54) is 0 Å². The van der Waals surface area contributed by atoms with Crippen LogP contribution in [0.1, 0.15) is 24.9 Å². The number of benzene rings is 1. The molecule has 1 aromatic carbocycles. The number of nitrogens with two attached hydrogens (primary N) is 2. The molecule has 14 heavy (non-hydrogen) atoms. The first-order chi connectivity index (χ1) is 6.06. The molecule has 0 unspecified atom stereocenters. The van der Waals surface area contributed by atoms with Gasteiger partial charge in [-0.3, -0.25) is 0 Å². The van der Waals surface area contributed by atoms with Gasteiger partial charge in [-0.2, -0.15) is 0 Å². The number of rotatable bonds is 2. The summed E-state index contributed by atoms with van der Waals surface area (Å²) in [7, 11) is 0. The molecular formula is C9H13Br2ClN2. The minimum absolute atomic E-state index is 0. The molecule has 1 aromatic rings. The molecule has 0 saturated carbocycles. The van der Waals surface area contributed by atoms with Crippen molar-refractivity contribution in [2.24, 2.45) is 5.73 Å². The van der Waals surface area contributed by atoms with E-state index in [1.54, 1.807) is 0 Å². The molecular weight excluding hydrogens is 331 g/mol. The maximum absolute atomic E-state index is 5.91. The van der Waals surface area contributed by atoms with Crippen LogP contribution in [0.4, 0.5) is 5.69 Å². The molecule has 0 radical (unpaired) electrons. The normalized spacial score (nSPS) is 12.0. The maximum Gasteiger partial charge on any atom is 0.0507 e. The smallest absolute Gasteiger partial charge is 0.0507 e. The second kappa shape index (κ2) is 5.95. The Balaban J connectivity index is 0.00000169. The van der Waals surface area contributed by atoms with Gasteiger partial charge in [0.1, 0.15) is 0 Å². The van der Waals surface area contributed by atoms with Gasteiger partial charge in [0, 0.05) is 15.0 Å². The lowest BCUT2D eigenvalue weighted by Gasteiger charge is -2.13. The van der Waals surface area contributed by atoms with Gasteiger partial charge in [0.05, 0.1) is 5.69 Å². The van der Waals surface area contributed by atoms with Crippen molar-refractivity contribution in [3.05, 3.63) is 26.6 Å². The third kappa shape index (κ3) is 3.12. The summed E-state index contributed by atoms with van der Waals surface area (Å²) in [6.45, 7) is 2.04. The molecule has 2 nitrogen and oxygen atoms in total. The Kier molecular flexibility index (Phi) is 6.05. The molecule has 1 rings (SSSR count). The van der Waals surface area contributed by atoms with E-state index in [2.05, 4.69) is 31.9 Å². The van der Waals surface area contributed by atoms with Gasteiger partial charge in [0.25, 0.3) is 0 Å². The summed E-state index contributed by atoms with van der Waals surface area (Å²) in [5.74, 6) is 0. The van der Waals surface area contributed by atoms with Crippen LogP contribution in [0.25, 0.3) is 0 Å². The van der Waals surface area contributed by atoms with Crippen LogP contribution in [0, 0.1) is 0 Å². The highest BCUT2D eigenvalue weighted by atomic mass is 79.9. The van der Waals surface area contributed by atoms with Gasteiger partial charge in [0.2, 0.25) is 0 Å². The van der Waals surface area contributed by atoms with Crippen LogP contribution in [0.2, 0.25) is 0 Å². The minimum Gasteiger partial charge on any atom is -0.398 e. The summed E-state index contributed by atoms with van der Waals surface area (Å²) in [5, 5.41) is 0. The monoisotopic (exact) mass is 342 g/mol. The van der Waals surface area contributed by atoms with Gasteiger partial charge in [-0.15, -0.1) is 12.4 Å². The summed E-state index contributed by atoms with van der Waals surface area (Å²) in [4.78, 5) is 0. The third-order valence-corrected chi connectivity index (χ3v) is 3.08. The van der Waals surface area contributed by atoms with Crippen LogP contribution in [0.3, 0.4) is 0 Å². The van der Waals surface area contributed by atoms with E-state index in [4.69, 9.17) is 11.5 Å². The standard InChI is InChI=1S/C9H12Br2N2.ClH/c1-2-8(12)6-3-5(10)4-7(11)9(6)13;/h3-4,8H,2,12-13H2,1H3;1H/t8-;/m1./s1. The highest BCUT2D eigenvalue weighted by Gasteiger charge is 2.10. The first kappa shape index (κ1) is 14.2. The van der Waals surface area contributed by atoms with E-state index in [0.29, 0.717) is 0 Å². The van der Waals surface area contributed by atoms with E-state index >= 15 is 0 Å². The zero-order valence-electron chi connectivity index (χ0n) is 7.76. The Hall–Kier alpha value is 0.230. The Morgan fingerprint density at radius 2 is 1.93 bits per heavy atom. The third-order valence-electron chi connectivity index (χ3n) is 1.97. The van der Waals surface area contributed by atoms with E-state index in [-0.39, 0.29) is 18.4 Å². The van der Waals surface area contributed by atoms with E-state index in [0.717, 1.165) is 26.6 Å². The van der Waals surface area contributed by atoms with Gasteiger partial charge in [-0.1, -0.05) is 22.9 Å². The molecule has 1 atom stereocenters. The van der Waals surface area contributed by atoms with Gasteiger partial charge in [-0.05, 0) is 40.0 Å². The maximum atomic E-state index is 5.91. The molecule has 0 fully saturated rings. The SMILES string of the molecule is CC[C@@H](N)c1cc(Br)cc(Br)c1N.Cl. The lowest BCUT2D eigenvalue weighted by Crippen LogP contribution is -2.11. The molecule has 0 aliphatic rings. The quantitative estimate of drug-likeness (QED) is 0.805. The van der Waals surface area contributed by atoms with Crippen molar-refractivity contribution in [3.8, 4) is 0 Å². The molecule has 0 spiro atoms. The zero-order valence-corrected chi connectivity index (χ0v) is 11.7. The van der Waals surface area contributed by atoms with Crippen molar-refractivity contribution in [2.45, 2.75) is 19.4 Å². The Morgan fingerprint density at radius 1 is 1.36 bits per heavy atom. The van der Waals surface area contributed by atoms with Crippen LogP contribution < -0.4 is 11.5 Å². The fourth-order valence-electron chi connectivity index (χ4n) is 1.13. The van der Waals surface area contributed by atoms with Gasteiger partial charge in [0.15, 0.2) is 0 Å². The minimum atomic E-state index is 0. The van der Waals surface area contributed by atoms with Crippen LogP contribution in [-0.2, 0) is 0 Å². The first-order valence-electron chi connectivity index (χ1n) is 4.06. The van der Waals surface area contributed by atoms with Gasteiger partial charge in [-0.25, -0.2) is 0 Å². The van der Waals surface area contributed by atoms with Crippen molar-refractivity contribution in [1.29, 1.82) is 0 Å². The zero-order chi connectivity index (χ0) is 10.0. The molecule has 0 bridgehead atoms. The summed E-state index contributed by atoms with van der Waals surface area (Å²) >= 11 is 6.79. The first-order valence-corrected chi connectivity index (χ1v) is 5.64. The Bertz CT molecular complexity index is 318. The fraction of sp³-hybridized carbons (Fsp3) is 0.333. The lowest BCUT2D eigenvalue weighted by atomic mass is 10.0. The highest BCUT2D eigenvalue weighted by molar-refractivity contribution is 9.11. The van der Waals surface area contributed by atoms with Crippen LogP contribution in [0.5, 0.6) is 0 Å². The van der Waals surface area contributed by atoms with E-state index in [9.17, 15) is 0 Å². The van der Waals surface area contributed by atoms with E-state index < -0.39 is 0 Å². The second-order valence-electron chi connectivity index (χ2n) is 2.91. The largest absolute Gasteiger partial charge is 0.398 e. The molecule has 0 aliphatic heterocycles. The number of halogens is 3. The average Bonchev–Trinajstić information content (AvgIpc) is 2.10. The van der Waals surface area contributed by atoms with Crippen LogP contribution in [0.15, 0.2) is 21.1 Å². The van der Waals surface area contributed by atoms with Gasteiger partial charge >= 0.3 is 0 Å². The van der Waals surface area contributed by atoms with Crippen molar-refractivity contribution >= 4 is 50.0 Å². The lowest BCUT2D eigenvalue weighted by molar-refractivity contribution is 0.700. The molecule has 0 saturated heterocycles. The predicted molar refractivity (Wildman–Crippen MR) is 70.7 cm³/mol. The molecule has 5 heteroatoms. The molecule has 4 N–H and O–H groups in total. The molecule has 0 aliphatic carbocycles. The number of anilines is 1. The summed E-state index contributed by atoms with van der Waals surface area (Å²) < 4.78 is 1.88. The molecule has 0 aromatic heterocycles. The summed E-state index contributed by atoms with van der Waals surface area (Å²) in [6, 6.07) is 3.89. The Labute approximate surface area is 107 Å². The average molecular weight is 344 g/mol. The number of nitrogen functional groups attached to an aromatic ring is 1. The summed E-state index contributed by atoms with van der Waals surface area (Å²) in [6.07, 6.45) is 0.882. The van der Waals surface area contributed by atoms with Crippen molar-refractivity contribution in [3.63, 3.8) is 0 Å². The topological polar surface area (TPSA) is 52.0 Å². The number of hydrogen-bond acceptors (Lipinski definition) is 2. The second-order valence-corrected chi connectivity index (χ2v) is 4.68. The number of hydrogen-bond donors (Lipinski definition) is 2. The summed E-state index contributed by atoms with van der Waals surface area (Å²) in [5.41, 5.74) is 13.5. The van der Waals surface area contributed by atoms with Crippen LogP contribution >= 0.6 is 44.3 Å². The highest BCUT2D eigenvalue weighted by Crippen LogP contribution is 2.31. The van der Waals surface area contributed by atoms with Gasteiger partial charge < -0.3 is 11.5 Å².